The molecule has 0 aromatic heterocycles. The van der Waals surface area contributed by atoms with E-state index in [9.17, 15) is 13.2 Å². The molecule has 0 spiro atoms. The molecule has 0 aliphatic carbocycles. The van der Waals surface area contributed by atoms with Crippen LogP contribution in [-0.4, -0.2) is 46.4 Å². The Balaban J connectivity index is 0.00000196. The molecule has 1 heterocycles. The first kappa shape index (κ1) is 14.6. The van der Waals surface area contributed by atoms with Gasteiger partial charge in [0.25, 0.3) is 10.1 Å². The van der Waals surface area contributed by atoms with Crippen LogP contribution in [-0.2, 0) is 23.8 Å². The minimum absolute atomic E-state index is 0. The Hall–Kier alpha value is -0.370. The minimum Gasteiger partial charge on any atom is -0.468 e. The molecule has 0 saturated carbocycles. The van der Waals surface area contributed by atoms with Crippen molar-refractivity contribution in [3.63, 3.8) is 0 Å². The quantitative estimate of drug-likeness (QED) is 0.533. The van der Waals surface area contributed by atoms with Gasteiger partial charge in [0, 0.05) is 13.0 Å². The lowest BCUT2D eigenvalue weighted by atomic mass is 10.2. The van der Waals surface area contributed by atoms with Crippen molar-refractivity contribution in [2.75, 3.05) is 19.9 Å². The summed E-state index contributed by atoms with van der Waals surface area (Å²) in [7, 11) is -2.17. The van der Waals surface area contributed by atoms with Crippen molar-refractivity contribution >= 4 is 28.5 Å². The number of methoxy groups -OCH3 is 1. The van der Waals surface area contributed by atoms with E-state index >= 15 is 0 Å². The third-order valence-corrected chi connectivity index (χ3v) is 2.51. The summed E-state index contributed by atoms with van der Waals surface area (Å²) in [5.74, 6) is -0.399. The fraction of sp³-hybridized carbons (Fsp3) is 0.857. The average molecular weight is 260 g/mol. The zero-order chi connectivity index (χ0) is 10.8. The van der Waals surface area contributed by atoms with Crippen molar-refractivity contribution < 1.29 is 22.1 Å². The maximum atomic E-state index is 11.0. The second-order valence-corrected chi connectivity index (χ2v) is 4.74. The fourth-order valence-electron chi connectivity index (χ4n) is 1.35. The normalized spacial score (nSPS) is 25.7. The molecule has 15 heavy (non-hydrogen) atoms. The molecule has 0 aromatic carbocycles. The van der Waals surface area contributed by atoms with Gasteiger partial charge in [-0.05, 0) is 0 Å². The number of halogens is 1. The molecule has 6 nitrogen and oxygen atoms in total. The van der Waals surface area contributed by atoms with Gasteiger partial charge in [0.05, 0.1) is 19.5 Å². The van der Waals surface area contributed by atoms with Gasteiger partial charge in [0.2, 0.25) is 0 Å². The lowest BCUT2D eigenvalue weighted by Gasteiger charge is -2.08. The molecule has 0 radical (unpaired) electrons. The molecule has 1 rings (SSSR count). The van der Waals surface area contributed by atoms with Crippen LogP contribution in [0.5, 0.6) is 0 Å². The number of carbonyl (C=O) groups excluding carboxylic acids is 1. The smallest absolute Gasteiger partial charge is 0.322 e. The summed E-state index contributed by atoms with van der Waals surface area (Å²) in [4.78, 5) is 11.0. The van der Waals surface area contributed by atoms with E-state index in [1.807, 2.05) is 0 Å². The monoisotopic (exact) mass is 259 g/mol. The summed E-state index contributed by atoms with van der Waals surface area (Å²) in [5.41, 5.74) is 0. The third kappa shape index (κ3) is 4.78. The Labute approximate surface area is 94.8 Å². The van der Waals surface area contributed by atoms with Gasteiger partial charge in [-0.15, -0.1) is 12.4 Å². The van der Waals surface area contributed by atoms with Crippen LogP contribution in [0.25, 0.3) is 0 Å². The van der Waals surface area contributed by atoms with Gasteiger partial charge in [0.15, 0.2) is 0 Å². The van der Waals surface area contributed by atoms with E-state index in [2.05, 4.69) is 10.1 Å². The van der Waals surface area contributed by atoms with E-state index in [1.54, 1.807) is 0 Å². The standard InChI is InChI=1S/C7H13NO5S.ClH/c1-12-7(9)6-3-5(4-8-6)13-14(2,10)11;/h5-6,8H,3-4H2,1-2H3;1H/t5-,6-;/m0./s1. The Kier molecular flexibility index (Phi) is 5.50. The minimum atomic E-state index is -3.46. The number of carbonyl (C=O) groups is 1. The number of ether oxygens (including phenoxy) is 1. The molecule has 1 N–H and O–H groups in total. The van der Waals surface area contributed by atoms with E-state index in [-0.39, 0.29) is 12.4 Å². The van der Waals surface area contributed by atoms with Crippen LogP contribution in [0.4, 0.5) is 0 Å². The maximum absolute atomic E-state index is 11.0. The average Bonchev–Trinajstić information content (AvgIpc) is 2.48. The highest BCUT2D eigenvalue weighted by atomic mass is 35.5. The zero-order valence-electron chi connectivity index (χ0n) is 8.43. The highest BCUT2D eigenvalue weighted by Crippen LogP contribution is 2.13. The van der Waals surface area contributed by atoms with Crippen molar-refractivity contribution in [2.45, 2.75) is 18.6 Å². The molecule has 1 aliphatic rings. The zero-order valence-corrected chi connectivity index (χ0v) is 10.1. The molecular formula is C7H14ClNO5S. The lowest BCUT2D eigenvalue weighted by molar-refractivity contribution is -0.142. The van der Waals surface area contributed by atoms with Crippen molar-refractivity contribution in [1.29, 1.82) is 0 Å². The summed E-state index contributed by atoms with van der Waals surface area (Å²) in [5, 5.41) is 2.82. The molecule has 1 saturated heterocycles. The van der Waals surface area contributed by atoms with Gasteiger partial charge in [-0.1, -0.05) is 0 Å². The Bertz CT molecular complexity index is 317. The van der Waals surface area contributed by atoms with E-state index in [4.69, 9.17) is 4.18 Å². The van der Waals surface area contributed by atoms with Gasteiger partial charge in [-0.3, -0.25) is 8.98 Å². The Morgan fingerprint density at radius 3 is 2.53 bits per heavy atom. The Morgan fingerprint density at radius 2 is 2.07 bits per heavy atom. The van der Waals surface area contributed by atoms with Gasteiger partial charge in [-0.2, -0.15) is 8.42 Å². The second kappa shape index (κ2) is 5.64. The van der Waals surface area contributed by atoms with Crippen LogP contribution in [0.3, 0.4) is 0 Å². The van der Waals surface area contributed by atoms with Crippen LogP contribution in [0.15, 0.2) is 0 Å². The summed E-state index contributed by atoms with van der Waals surface area (Å²) >= 11 is 0. The molecule has 0 aromatic rings. The molecule has 0 unspecified atom stereocenters. The van der Waals surface area contributed by atoms with Crippen LogP contribution in [0.2, 0.25) is 0 Å². The van der Waals surface area contributed by atoms with Gasteiger partial charge >= 0.3 is 5.97 Å². The van der Waals surface area contributed by atoms with Crippen molar-refractivity contribution in [3.8, 4) is 0 Å². The number of esters is 1. The maximum Gasteiger partial charge on any atom is 0.322 e. The van der Waals surface area contributed by atoms with E-state index in [1.165, 1.54) is 7.11 Å². The van der Waals surface area contributed by atoms with E-state index in [0.29, 0.717) is 13.0 Å². The van der Waals surface area contributed by atoms with E-state index in [0.717, 1.165) is 6.26 Å². The second-order valence-electron chi connectivity index (χ2n) is 3.14. The summed E-state index contributed by atoms with van der Waals surface area (Å²) in [6.45, 7) is 0.340. The SMILES string of the molecule is COC(=O)[C@@H]1C[C@H](OS(C)(=O)=O)CN1.Cl. The molecule has 90 valence electrons. The van der Waals surface area contributed by atoms with E-state index < -0.39 is 28.2 Å². The summed E-state index contributed by atoms with van der Waals surface area (Å²) in [6.07, 6.45) is 0.826. The summed E-state index contributed by atoms with van der Waals surface area (Å²) in [6, 6.07) is -0.466. The first-order valence-electron chi connectivity index (χ1n) is 4.12. The van der Waals surface area contributed by atoms with Crippen LogP contribution in [0, 0.1) is 0 Å². The molecule has 1 aliphatic heterocycles. The molecule has 1 fully saturated rings. The molecule has 2 atom stereocenters. The molecular weight excluding hydrogens is 246 g/mol. The first-order chi connectivity index (χ1) is 6.42. The number of nitrogens with one attached hydrogen (secondary N) is 1. The highest BCUT2D eigenvalue weighted by Gasteiger charge is 2.32. The van der Waals surface area contributed by atoms with Gasteiger partial charge < -0.3 is 10.1 Å². The fourth-order valence-corrected chi connectivity index (χ4v) is 1.99. The Morgan fingerprint density at radius 1 is 1.47 bits per heavy atom. The first-order valence-corrected chi connectivity index (χ1v) is 5.93. The third-order valence-electron chi connectivity index (χ3n) is 1.89. The van der Waals surface area contributed by atoms with Crippen molar-refractivity contribution in [1.82, 2.24) is 5.32 Å². The van der Waals surface area contributed by atoms with Crippen LogP contribution < -0.4 is 5.32 Å². The number of hydrogen-bond acceptors (Lipinski definition) is 6. The van der Waals surface area contributed by atoms with Crippen LogP contribution in [0.1, 0.15) is 6.42 Å². The van der Waals surface area contributed by atoms with Crippen molar-refractivity contribution in [2.24, 2.45) is 0 Å². The van der Waals surface area contributed by atoms with Gasteiger partial charge in [0.1, 0.15) is 6.04 Å². The number of rotatable bonds is 3. The predicted molar refractivity (Wildman–Crippen MR) is 55.4 cm³/mol. The lowest BCUT2D eigenvalue weighted by Crippen LogP contribution is -2.31. The summed E-state index contributed by atoms with van der Waals surface area (Å²) < 4.78 is 30.8. The van der Waals surface area contributed by atoms with Crippen LogP contribution >= 0.6 is 12.4 Å². The number of hydrogen-bond donors (Lipinski definition) is 1. The predicted octanol–water partition coefficient (Wildman–Crippen LogP) is -0.712. The topological polar surface area (TPSA) is 81.7 Å². The van der Waals surface area contributed by atoms with Crippen molar-refractivity contribution in [3.05, 3.63) is 0 Å². The largest absolute Gasteiger partial charge is 0.468 e. The molecule has 0 amide bonds. The molecule has 8 heteroatoms. The highest BCUT2D eigenvalue weighted by molar-refractivity contribution is 7.86. The van der Waals surface area contributed by atoms with Gasteiger partial charge in [-0.25, -0.2) is 0 Å². The molecule has 0 bridgehead atoms.